The molecule has 1 aliphatic heterocycles. The number of hydrogen-bond donors (Lipinski definition) is 0. The smallest absolute Gasteiger partial charge is 0.408 e. The second kappa shape index (κ2) is 9.37. The fourth-order valence-electron chi connectivity index (χ4n) is 4.28. The first-order valence-corrected chi connectivity index (χ1v) is 14.0. The standard InChI is InChI=1S/C30H37O3PS/c1-18-13-20(3)27-25(15-18)35-26-16-19(2)14-21(4)28(26)33-34(32-27)31-24-12-11-22(29(5,6)7)17-23(24)30(8,9)10/h11-17H,1-10H3. The minimum absolute atomic E-state index is 0.0517. The fourth-order valence-corrected chi connectivity index (χ4v) is 6.94. The van der Waals surface area contributed by atoms with Crippen molar-refractivity contribution < 1.29 is 13.6 Å². The predicted octanol–water partition coefficient (Wildman–Crippen LogP) is 9.74. The molecule has 0 spiro atoms. The number of aryl methyl sites for hydroxylation is 4. The zero-order valence-corrected chi connectivity index (χ0v) is 24.3. The summed E-state index contributed by atoms with van der Waals surface area (Å²) in [5.41, 5.74) is 6.98. The summed E-state index contributed by atoms with van der Waals surface area (Å²) in [5, 5.41) is 0. The first-order valence-electron chi connectivity index (χ1n) is 12.1. The molecule has 0 saturated carbocycles. The minimum atomic E-state index is -1.73. The van der Waals surface area contributed by atoms with E-state index in [1.54, 1.807) is 11.8 Å². The molecule has 186 valence electrons. The molecule has 0 atom stereocenters. The third-order valence-corrected chi connectivity index (χ3v) is 8.20. The van der Waals surface area contributed by atoms with E-state index >= 15 is 0 Å². The summed E-state index contributed by atoms with van der Waals surface area (Å²) in [6.07, 6.45) is 0. The first-order chi connectivity index (χ1) is 16.2. The van der Waals surface area contributed by atoms with Crippen LogP contribution in [0, 0.1) is 27.7 Å². The topological polar surface area (TPSA) is 27.7 Å². The van der Waals surface area contributed by atoms with E-state index in [0.717, 1.165) is 43.7 Å². The Balaban J connectivity index is 1.83. The van der Waals surface area contributed by atoms with Crippen LogP contribution in [0.2, 0.25) is 0 Å². The van der Waals surface area contributed by atoms with Gasteiger partial charge in [0.1, 0.15) is 17.2 Å². The van der Waals surface area contributed by atoms with E-state index in [0.29, 0.717) is 0 Å². The molecule has 0 fully saturated rings. The van der Waals surface area contributed by atoms with E-state index < -0.39 is 8.60 Å². The fraction of sp³-hybridized carbons (Fsp3) is 0.400. The van der Waals surface area contributed by atoms with E-state index in [1.807, 2.05) is 0 Å². The van der Waals surface area contributed by atoms with Gasteiger partial charge in [-0.3, -0.25) is 0 Å². The van der Waals surface area contributed by atoms with Gasteiger partial charge in [0, 0.05) is 5.56 Å². The Labute approximate surface area is 216 Å². The molecule has 35 heavy (non-hydrogen) atoms. The number of hydrogen-bond acceptors (Lipinski definition) is 4. The third-order valence-electron chi connectivity index (χ3n) is 6.15. The predicted molar refractivity (Wildman–Crippen MR) is 149 cm³/mol. The van der Waals surface area contributed by atoms with Gasteiger partial charge >= 0.3 is 8.60 Å². The summed E-state index contributed by atoms with van der Waals surface area (Å²) in [6.45, 7) is 21.8. The molecule has 0 aromatic heterocycles. The Bertz CT molecular complexity index is 1210. The highest BCUT2D eigenvalue weighted by molar-refractivity contribution is 7.99. The largest absolute Gasteiger partial charge is 0.530 e. The summed E-state index contributed by atoms with van der Waals surface area (Å²) in [4.78, 5) is 2.18. The molecular formula is C30H37O3PS. The van der Waals surface area contributed by atoms with Crippen molar-refractivity contribution in [1.82, 2.24) is 0 Å². The van der Waals surface area contributed by atoms with Gasteiger partial charge in [-0.05, 0) is 84.5 Å². The molecule has 5 heteroatoms. The lowest BCUT2D eigenvalue weighted by Crippen LogP contribution is -2.18. The maximum absolute atomic E-state index is 6.61. The maximum Gasteiger partial charge on any atom is 0.530 e. The van der Waals surface area contributed by atoms with Crippen molar-refractivity contribution >= 4 is 20.4 Å². The average molecular weight is 509 g/mol. The van der Waals surface area contributed by atoms with Crippen molar-refractivity contribution in [3.8, 4) is 17.2 Å². The van der Waals surface area contributed by atoms with Crippen LogP contribution in [0.25, 0.3) is 0 Å². The molecule has 0 saturated heterocycles. The van der Waals surface area contributed by atoms with E-state index in [-0.39, 0.29) is 10.8 Å². The molecule has 3 aromatic carbocycles. The molecule has 0 amide bonds. The lowest BCUT2D eigenvalue weighted by Gasteiger charge is -2.29. The van der Waals surface area contributed by atoms with Crippen molar-refractivity contribution in [2.75, 3.05) is 0 Å². The monoisotopic (exact) mass is 508 g/mol. The van der Waals surface area contributed by atoms with Crippen molar-refractivity contribution in [2.24, 2.45) is 0 Å². The molecule has 3 nitrogen and oxygen atoms in total. The van der Waals surface area contributed by atoms with Gasteiger partial charge in [-0.25, -0.2) is 0 Å². The van der Waals surface area contributed by atoms with Gasteiger partial charge in [0.05, 0.1) is 9.79 Å². The van der Waals surface area contributed by atoms with E-state index in [1.165, 1.54) is 16.7 Å². The van der Waals surface area contributed by atoms with Crippen LogP contribution in [0.3, 0.4) is 0 Å². The number of fused-ring (bicyclic) bond motifs is 2. The highest BCUT2D eigenvalue weighted by Crippen LogP contribution is 2.54. The summed E-state index contributed by atoms with van der Waals surface area (Å²) in [5.74, 6) is 2.47. The van der Waals surface area contributed by atoms with E-state index in [2.05, 4.69) is 112 Å². The van der Waals surface area contributed by atoms with Crippen LogP contribution in [-0.2, 0) is 10.8 Å². The summed E-state index contributed by atoms with van der Waals surface area (Å²) in [6, 6.07) is 15.2. The van der Waals surface area contributed by atoms with Crippen LogP contribution < -0.4 is 13.6 Å². The first kappa shape index (κ1) is 25.9. The van der Waals surface area contributed by atoms with Gasteiger partial charge in [-0.1, -0.05) is 77.6 Å². The van der Waals surface area contributed by atoms with Crippen molar-refractivity contribution in [1.29, 1.82) is 0 Å². The molecule has 0 N–H and O–H groups in total. The lowest BCUT2D eigenvalue weighted by molar-refractivity contribution is 0.371. The van der Waals surface area contributed by atoms with E-state index in [4.69, 9.17) is 13.6 Å². The molecule has 0 radical (unpaired) electrons. The Hall–Kier alpha value is -2.16. The molecule has 0 unspecified atom stereocenters. The van der Waals surface area contributed by atoms with Gasteiger partial charge in [-0.2, -0.15) is 0 Å². The zero-order chi connectivity index (χ0) is 25.7. The van der Waals surface area contributed by atoms with Crippen LogP contribution in [0.15, 0.2) is 52.3 Å². The Morgan fingerprint density at radius 1 is 0.686 bits per heavy atom. The maximum atomic E-state index is 6.61. The highest BCUT2D eigenvalue weighted by Gasteiger charge is 2.31. The van der Waals surface area contributed by atoms with Crippen LogP contribution in [0.1, 0.15) is 74.9 Å². The molecule has 4 rings (SSSR count). The summed E-state index contributed by atoms with van der Waals surface area (Å²) >= 11 is 1.70. The number of benzene rings is 3. The van der Waals surface area contributed by atoms with Crippen molar-refractivity contribution in [3.05, 3.63) is 75.8 Å². The van der Waals surface area contributed by atoms with Gasteiger partial charge in [0.25, 0.3) is 0 Å². The third kappa shape index (κ3) is 5.65. The van der Waals surface area contributed by atoms with Crippen LogP contribution in [0.4, 0.5) is 0 Å². The Kier molecular flexibility index (Phi) is 6.94. The van der Waals surface area contributed by atoms with Gasteiger partial charge in [0.15, 0.2) is 0 Å². The molecule has 0 bridgehead atoms. The molecular weight excluding hydrogens is 471 g/mol. The minimum Gasteiger partial charge on any atom is -0.408 e. The van der Waals surface area contributed by atoms with Crippen LogP contribution in [-0.4, -0.2) is 0 Å². The number of rotatable bonds is 2. The van der Waals surface area contributed by atoms with Crippen LogP contribution >= 0.6 is 20.4 Å². The molecule has 3 aromatic rings. The normalized spacial score (nSPS) is 14.2. The average Bonchev–Trinajstić information content (AvgIpc) is 2.70. The lowest BCUT2D eigenvalue weighted by atomic mass is 9.80. The van der Waals surface area contributed by atoms with E-state index in [9.17, 15) is 0 Å². The quantitative estimate of drug-likeness (QED) is 0.322. The Morgan fingerprint density at radius 3 is 1.66 bits per heavy atom. The van der Waals surface area contributed by atoms with Gasteiger partial charge in [0.2, 0.25) is 0 Å². The summed E-state index contributed by atoms with van der Waals surface area (Å²) in [7, 11) is -1.73. The van der Waals surface area contributed by atoms with Crippen molar-refractivity contribution in [3.63, 3.8) is 0 Å². The van der Waals surface area contributed by atoms with Gasteiger partial charge < -0.3 is 13.6 Å². The second-order valence-electron chi connectivity index (χ2n) is 11.6. The summed E-state index contributed by atoms with van der Waals surface area (Å²) < 4.78 is 19.7. The van der Waals surface area contributed by atoms with Gasteiger partial charge in [-0.15, -0.1) is 0 Å². The second-order valence-corrected chi connectivity index (χ2v) is 13.7. The van der Waals surface area contributed by atoms with Crippen molar-refractivity contribution in [2.45, 2.75) is 89.9 Å². The SMILES string of the molecule is Cc1cc(C)c2c(c1)Sc1cc(C)cc(C)c1OP(Oc1ccc(C(C)(C)C)cc1C(C)(C)C)O2. The molecule has 1 heterocycles. The zero-order valence-electron chi connectivity index (χ0n) is 22.6. The Morgan fingerprint density at radius 2 is 1.20 bits per heavy atom. The van der Waals surface area contributed by atoms with Crippen LogP contribution in [0.5, 0.6) is 17.2 Å². The molecule has 0 aliphatic carbocycles. The highest BCUT2D eigenvalue weighted by atomic mass is 32.2. The molecule has 1 aliphatic rings.